The number of hydrogen-bond donors (Lipinski definition) is 1. The number of carbonyl (C=O) groups is 3. The predicted molar refractivity (Wildman–Crippen MR) is 172 cm³/mol. The van der Waals surface area contributed by atoms with Crippen molar-refractivity contribution in [3.63, 3.8) is 0 Å². The van der Waals surface area contributed by atoms with E-state index in [-0.39, 0.29) is 30.1 Å². The van der Waals surface area contributed by atoms with Gasteiger partial charge in [-0.2, -0.15) is 5.10 Å². The maximum atomic E-state index is 14.7. The van der Waals surface area contributed by atoms with Crippen molar-refractivity contribution in [2.75, 3.05) is 12.0 Å². The first-order chi connectivity index (χ1) is 22.0. The van der Waals surface area contributed by atoms with Crippen LogP contribution < -0.4 is 15.1 Å². The van der Waals surface area contributed by atoms with Crippen molar-refractivity contribution in [1.29, 1.82) is 0 Å². The molecule has 5 aromatic carbocycles. The largest absolute Gasteiger partial charge is 0.497 e. The fourth-order valence-electron chi connectivity index (χ4n) is 7.86. The lowest BCUT2D eigenvalue weighted by Gasteiger charge is -2.52. The van der Waals surface area contributed by atoms with Gasteiger partial charge in [-0.1, -0.05) is 97.1 Å². The number of nitrogens with zero attached hydrogens (tertiary/aromatic N) is 2. The molecule has 1 N–H and O–H groups in total. The molecule has 7 nitrogen and oxygen atoms in total. The Bertz CT molecular complexity index is 2000. The van der Waals surface area contributed by atoms with Crippen LogP contribution in [0.4, 0.5) is 5.69 Å². The average molecular weight is 592 g/mol. The Morgan fingerprint density at radius 2 is 1.47 bits per heavy atom. The summed E-state index contributed by atoms with van der Waals surface area (Å²) >= 11 is 0. The van der Waals surface area contributed by atoms with Gasteiger partial charge in [-0.05, 0) is 51.4 Å². The highest BCUT2D eigenvalue weighted by atomic mass is 16.5. The molecule has 1 heterocycles. The molecular weight excluding hydrogens is 562 g/mol. The Morgan fingerprint density at radius 3 is 2.18 bits per heavy atom. The van der Waals surface area contributed by atoms with Crippen molar-refractivity contribution < 1.29 is 19.1 Å². The van der Waals surface area contributed by atoms with Crippen molar-refractivity contribution in [1.82, 2.24) is 5.43 Å². The molecule has 3 aliphatic carbocycles. The van der Waals surface area contributed by atoms with Crippen LogP contribution in [0.25, 0.3) is 10.8 Å². The van der Waals surface area contributed by atoms with Crippen molar-refractivity contribution in [3.8, 4) is 5.75 Å². The van der Waals surface area contributed by atoms with Crippen LogP contribution in [0, 0.1) is 11.8 Å². The van der Waals surface area contributed by atoms with Gasteiger partial charge >= 0.3 is 0 Å². The van der Waals surface area contributed by atoms with E-state index in [9.17, 15) is 14.4 Å². The lowest BCUT2D eigenvalue weighted by Crippen LogP contribution is -2.54. The predicted octanol–water partition coefficient (Wildman–Crippen LogP) is 5.74. The van der Waals surface area contributed by atoms with Crippen LogP contribution in [-0.2, 0) is 26.2 Å². The van der Waals surface area contributed by atoms with E-state index >= 15 is 0 Å². The molecule has 1 fully saturated rings. The number of carbonyl (C=O) groups excluding carboxylic acids is 3. The van der Waals surface area contributed by atoms with Crippen LogP contribution in [0.3, 0.4) is 0 Å². The Morgan fingerprint density at radius 1 is 0.822 bits per heavy atom. The highest BCUT2D eigenvalue weighted by Crippen LogP contribution is 2.63. The first-order valence-corrected chi connectivity index (χ1v) is 15.0. The summed E-state index contributed by atoms with van der Waals surface area (Å²) in [4.78, 5) is 43.7. The lowest BCUT2D eigenvalue weighted by atomic mass is 9.47. The molecule has 3 amide bonds. The Hall–Kier alpha value is -5.56. The van der Waals surface area contributed by atoms with Crippen LogP contribution in [0.1, 0.15) is 33.7 Å². The molecule has 4 aliphatic rings. The SMILES string of the molecule is COc1ccc(CC(=O)N/N=C\C23c4ccccc4C(c4ccccc42)[C@@H]2C(=O)N(c4cccc5ccccc45)C(=O)[C@@H]23)cc1. The Balaban J connectivity index is 1.24. The maximum Gasteiger partial charge on any atom is 0.244 e. The second kappa shape index (κ2) is 10.3. The van der Waals surface area contributed by atoms with E-state index in [4.69, 9.17) is 4.74 Å². The van der Waals surface area contributed by atoms with Crippen molar-refractivity contribution >= 4 is 40.4 Å². The maximum absolute atomic E-state index is 14.7. The van der Waals surface area contributed by atoms with Gasteiger partial charge in [0.25, 0.3) is 0 Å². The number of anilines is 1. The van der Waals surface area contributed by atoms with Crippen LogP contribution in [0.15, 0.2) is 120 Å². The van der Waals surface area contributed by atoms with E-state index in [2.05, 4.69) is 22.7 Å². The minimum atomic E-state index is -1.06. The molecular formula is C38H29N3O4. The van der Waals surface area contributed by atoms with Crippen LogP contribution in [-0.4, -0.2) is 31.0 Å². The third-order valence-electron chi connectivity index (χ3n) is 9.67. The number of nitrogens with one attached hydrogen (secondary N) is 1. The topological polar surface area (TPSA) is 88.1 Å². The number of fused-ring (bicyclic) bond motifs is 1. The van der Waals surface area contributed by atoms with E-state index in [1.807, 2.05) is 103 Å². The number of benzene rings is 5. The average Bonchev–Trinajstić information content (AvgIpc) is 3.35. The third-order valence-corrected chi connectivity index (χ3v) is 9.67. The van der Waals surface area contributed by atoms with Gasteiger partial charge in [0.1, 0.15) is 5.75 Å². The van der Waals surface area contributed by atoms with Gasteiger partial charge in [0.2, 0.25) is 17.7 Å². The number of hydrogen-bond acceptors (Lipinski definition) is 5. The van der Waals surface area contributed by atoms with Crippen LogP contribution in [0.2, 0.25) is 0 Å². The molecule has 0 spiro atoms. The van der Waals surface area contributed by atoms with Crippen molar-refractivity contribution in [2.24, 2.45) is 16.9 Å². The molecule has 1 aliphatic heterocycles. The summed E-state index contributed by atoms with van der Waals surface area (Å²) in [5, 5.41) is 6.32. The zero-order chi connectivity index (χ0) is 30.7. The number of ether oxygens (including phenoxy) is 1. The molecule has 7 heteroatoms. The van der Waals surface area contributed by atoms with Crippen molar-refractivity contribution in [3.05, 3.63) is 143 Å². The van der Waals surface area contributed by atoms with E-state index in [1.54, 1.807) is 13.3 Å². The lowest BCUT2D eigenvalue weighted by molar-refractivity contribution is -0.123. The van der Waals surface area contributed by atoms with E-state index < -0.39 is 17.3 Å². The van der Waals surface area contributed by atoms with Gasteiger partial charge in [-0.25, -0.2) is 10.3 Å². The monoisotopic (exact) mass is 591 g/mol. The number of imide groups is 1. The molecule has 220 valence electrons. The highest BCUT2D eigenvalue weighted by molar-refractivity contribution is 6.27. The summed E-state index contributed by atoms with van der Waals surface area (Å²) < 4.78 is 5.22. The first-order valence-electron chi connectivity index (χ1n) is 15.0. The Kier molecular flexibility index (Phi) is 6.17. The molecule has 0 unspecified atom stereocenters. The quantitative estimate of drug-likeness (QED) is 0.155. The van der Waals surface area contributed by atoms with Crippen molar-refractivity contribution in [2.45, 2.75) is 17.8 Å². The Labute approximate surface area is 260 Å². The first kappa shape index (κ1) is 27.0. The summed E-state index contributed by atoms with van der Waals surface area (Å²) in [6.07, 6.45) is 1.82. The van der Waals surface area contributed by atoms with E-state index in [0.717, 1.165) is 38.6 Å². The smallest absolute Gasteiger partial charge is 0.244 e. The van der Waals surface area contributed by atoms with Gasteiger partial charge in [-0.15, -0.1) is 0 Å². The normalized spacial score (nSPS) is 22.8. The fraction of sp³-hybridized carbons (Fsp3) is 0.158. The van der Waals surface area contributed by atoms with Crippen LogP contribution >= 0.6 is 0 Å². The minimum absolute atomic E-state index is 0.127. The number of amides is 3. The van der Waals surface area contributed by atoms with Gasteiger partial charge in [0.15, 0.2) is 0 Å². The number of methoxy groups -OCH3 is 1. The highest BCUT2D eigenvalue weighted by Gasteiger charge is 2.68. The molecule has 0 radical (unpaired) electrons. The molecule has 45 heavy (non-hydrogen) atoms. The molecule has 2 atom stereocenters. The van der Waals surface area contributed by atoms with E-state index in [1.165, 1.54) is 4.90 Å². The zero-order valence-electron chi connectivity index (χ0n) is 24.5. The summed E-state index contributed by atoms with van der Waals surface area (Å²) in [7, 11) is 1.60. The summed E-state index contributed by atoms with van der Waals surface area (Å²) in [6, 6.07) is 36.8. The molecule has 5 aromatic rings. The minimum Gasteiger partial charge on any atom is -0.497 e. The van der Waals surface area contributed by atoms with Crippen LogP contribution in [0.5, 0.6) is 5.75 Å². The third kappa shape index (κ3) is 3.90. The number of rotatable bonds is 6. The molecule has 0 saturated carbocycles. The van der Waals surface area contributed by atoms with Gasteiger partial charge in [0.05, 0.1) is 36.5 Å². The van der Waals surface area contributed by atoms with Gasteiger partial charge < -0.3 is 4.74 Å². The summed E-state index contributed by atoms with van der Waals surface area (Å²) in [5.41, 5.74) is 6.94. The molecule has 2 bridgehead atoms. The standard InChI is InChI=1S/C38H29N3O4/c1-45-25-19-17-23(18-20-25)21-32(42)40-39-22-38-29-14-6-4-12-27(29)33(28-13-5-7-15-30(28)38)34-35(38)37(44)41(36(34)43)31-16-8-10-24-9-2-3-11-26(24)31/h2-20,22,33-35H,21H2,1H3,(H,40,42)/b39-22-/t33?,34-,35+,38?/m0/s1. The van der Waals surface area contributed by atoms with E-state index in [0.29, 0.717) is 11.4 Å². The summed E-state index contributed by atoms with van der Waals surface area (Å²) in [5.74, 6) is -1.68. The van der Waals surface area contributed by atoms with Gasteiger partial charge in [0, 0.05) is 17.5 Å². The second-order valence-electron chi connectivity index (χ2n) is 11.9. The molecule has 9 rings (SSSR count). The van der Waals surface area contributed by atoms with Gasteiger partial charge in [-0.3, -0.25) is 14.4 Å². The molecule has 1 saturated heterocycles. The number of hydrazone groups is 1. The zero-order valence-corrected chi connectivity index (χ0v) is 24.5. The second-order valence-corrected chi connectivity index (χ2v) is 11.9. The summed E-state index contributed by atoms with van der Waals surface area (Å²) in [6.45, 7) is 0. The fourth-order valence-corrected chi connectivity index (χ4v) is 7.86. The molecule has 0 aromatic heterocycles.